The van der Waals surface area contributed by atoms with Gasteiger partial charge in [0.25, 0.3) is 5.56 Å². The Balaban J connectivity index is 1.85. The normalized spacial score (nSPS) is 13.9. The third-order valence-corrected chi connectivity index (χ3v) is 3.06. The monoisotopic (exact) mass is 267 g/mol. The minimum absolute atomic E-state index is 0.0753. The first-order valence-electron chi connectivity index (χ1n) is 6.73. The van der Waals surface area contributed by atoms with E-state index in [-0.39, 0.29) is 5.56 Å². The lowest BCUT2D eigenvalue weighted by molar-refractivity contribution is 0.0953. The molecule has 1 aliphatic rings. The molecule has 19 heavy (non-hydrogen) atoms. The van der Waals surface area contributed by atoms with Crippen LogP contribution >= 0.6 is 0 Å². The van der Waals surface area contributed by atoms with Gasteiger partial charge in [-0.3, -0.25) is 4.79 Å². The van der Waals surface area contributed by atoms with Crippen LogP contribution in [0.5, 0.6) is 0 Å². The van der Waals surface area contributed by atoms with Gasteiger partial charge in [0.05, 0.1) is 24.5 Å². The Kier molecular flexibility index (Phi) is 5.35. The molecular weight excluding hydrogens is 246 g/mol. The molecule has 2 heterocycles. The largest absolute Gasteiger partial charge is 0.385 e. The van der Waals surface area contributed by atoms with E-state index in [9.17, 15) is 4.79 Å². The van der Waals surface area contributed by atoms with Crippen molar-refractivity contribution in [3.63, 3.8) is 0 Å². The average Bonchev–Trinajstić information content (AvgIpc) is 2.43. The summed E-state index contributed by atoms with van der Waals surface area (Å²) in [6, 6.07) is 1.63. The number of fused-ring (bicyclic) bond motifs is 1. The van der Waals surface area contributed by atoms with Crippen LogP contribution in [0.1, 0.15) is 18.5 Å². The van der Waals surface area contributed by atoms with Gasteiger partial charge in [-0.15, -0.1) is 0 Å². The molecule has 6 heteroatoms. The second kappa shape index (κ2) is 7.25. The van der Waals surface area contributed by atoms with Crippen molar-refractivity contribution in [3.05, 3.63) is 22.1 Å². The quantitative estimate of drug-likeness (QED) is 0.735. The summed E-state index contributed by atoms with van der Waals surface area (Å²) >= 11 is 0. The fraction of sp³-hybridized carbons (Fsp3) is 0.692. The molecule has 0 unspecified atom stereocenters. The third kappa shape index (κ3) is 4.04. The Morgan fingerprint density at radius 2 is 2.32 bits per heavy atom. The number of anilines is 1. The van der Waals surface area contributed by atoms with Crippen LogP contribution in [0, 0.1) is 0 Å². The number of hydrogen-bond donors (Lipinski definition) is 1. The molecule has 0 atom stereocenters. The average molecular weight is 267 g/mol. The first-order valence-corrected chi connectivity index (χ1v) is 6.73. The lowest BCUT2D eigenvalue weighted by Gasteiger charge is -2.17. The summed E-state index contributed by atoms with van der Waals surface area (Å²) in [5, 5.41) is 7.58. The number of ether oxygens (including phenoxy) is 2. The zero-order chi connectivity index (χ0) is 13.5. The Morgan fingerprint density at radius 1 is 1.42 bits per heavy atom. The van der Waals surface area contributed by atoms with Gasteiger partial charge in [-0.25, -0.2) is 4.68 Å². The minimum atomic E-state index is -0.0753. The van der Waals surface area contributed by atoms with Crippen LogP contribution in [-0.2, 0) is 22.4 Å². The molecule has 0 aliphatic carbocycles. The van der Waals surface area contributed by atoms with E-state index in [1.165, 1.54) is 4.68 Å². The number of nitrogens with one attached hydrogen (secondary N) is 1. The summed E-state index contributed by atoms with van der Waals surface area (Å²) < 4.78 is 11.9. The Labute approximate surface area is 112 Å². The van der Waals surface area contributed by atoms with E-state index in [4.69, 9.17) is 9.47 Å². The van der Waals surface area contributed by atoms with Crippen molar-refractivity contribution in [2.45, 2.75) is 25.8 Å². The third-order valence-electron chi connectivity index (χ3n) is 3.06. The molecule has 0 aromatic carbocycles. The molecule has 106 valence electrons. The highest BCUT2D eigenvalue weighted by atomic mass is 16.5. The molecule has 0 saturated carbocycles. The highest BCUT2D eigenvalue weighted by Crippen LogP contribution is 2.16. The van der Waals surface area contributed by atoms with Gasteiger partial charge in [-0.05, 0) is 19.3 Å². The summed E-state index contributed by atoms with van der Waals surface area (Å²) in [6.07, 6.45) is 2.86. The lowest BCUT2D eigenvalue weighted by atomic mass is 10.1. The molecule has 0 spiro atoms. The maximum Gasteiger partial charge on any atom is 0.268 e. The van der Waals surface area contributed by atoms with Crippen LogP contribution in [0.25, 0.3) is 0 Å². The van der Waals surface area contributed by atoms with E-state index < -0.39 is 0 Å². The van der Waals surface area contributed by atoms with Crippen molar-refractivity contribution in [1.29, 1.82) is 0 Å². The van der Waals surface area contributed by atoms with E-state index in [2.05, 4.69) is 10.4 Å². The number of aromatic nitrogens is 2. The maximum atomic E-state index is 11.8. The molecule has 0 bridgehead atoms. The summed E-state index contributed by atoms with van der Waals surface area (Å²) in [6.45, 7) is 3.26. The van der Waals surface area contributed by atoms with Crippen molar-refractivity contribution >= 4 is 5.69 Å². The molecule has 1 aliphatic heterocycles. The van der Waals surface area contributed by atoms with Crippen molar-refractivity contribution in [1.82, 2.24) is 9.78 Å². The molecule has 1 N–H and O–H groups in total. The molecule has 0 saturated heterocycles. The molecule has 1 aromatic rings. The van der Waals surface area contributed by atoms with Crippen LogP contribution in [-0.4, -0.2) is 43.3 Å². The summed E-state index contributed by atoms with van der Waals surface area (Å²) in [5.41, 5.74) is 1.78. The molecule has 0 radical (unpaired) electrons. The summed E-state index contributed by atoms with van der Waals surface area (Å²) in [5.74, 6) is 0. The van der Waals surface area contributed by atoms with Crippen molar-refractivity contribution in [2.75, 3.05) is 38.8 Å². The van der Waals surface area contributed by atoms with Gasteiger partial charge in [0, 0.05) is 32.9 Å². The van der Waals surface area contributed by atoms with Gasteiger partial charge < -0.3 is 14.8 Å². The highest BCUT2D eigenvalue weighted by molar-refractivity contribution is 5.48. The van der Waals surface area contributed by atoms with E-state index in [1.54, 1.807) is 13.2 Å². The van der Waals surface area contributed by atoms with Crippen molar-refractivity contribution in [2.24, 2.45) is 0 Å². The minimum Gasteiger partial charge on any atom is -0.385 e. The van der Waals surface area contributed by atoms with Crippen LogP contribution < -0.4 is 10.9 Å². The van der Waals surface area contributed by atoms with Crippen molar-refractivity contribution < 1.29 is 9.47 Å². The maximum absolute atomic E-state index is 11.8. The fourth-order valence-electron chi connectivity index (χ4n) is 2.07. The Hall–Kier alpha value is -1.40. The van der Waals surface area contributed by atoms with E-state index in [1.807, 2.05) is 0 Å². The predicted molar refractivity (Wildman–Crippen MR) is 72.6 cm³/mol. The second-order valence-corrected chi connectivity index (χ2v) is 4.56. The smallest absolute Gasteiger partial charge is 0.268 e. The standard InChI is InChI=1S/C13H21N3O3/c1-18-7-3-8-19-9-6-16-13(17)10-12-11(15-16)4-2-5-14-12/h10,14H,2-9H2,1H3. The number of hydrogen-bond acceptors (Lipinski definition) is 5. The topological polar surface area (TPSA) is 65.4 Å². The van der Waals surface area contributed by atoms with Crippen LogP contribution in [0.4, 0.5) is 5.69 Å². The Morgan fingerprint density at radius 3 is 3.16 bits per heavy atom. The number of methoxy groups -OCH3 is 1. The summed E-state index contributed by atoms with van der Waals surface area (Å²) in [7, 11) is 1.67. The van der Waals surface area contributed by atoms with Gasteiger partial charge in [0.15, 0.2) is 0 Å². The van der Waals surface area contributed by atoms with Gasteiger partial charge in [0.1, 0.15) is 0 Å². The molecule has 0 fully saturated rings. The van der Waals surface area contributed by atoms with Gasteiger partial charge in [-0.2, -0.15) is 5.10 Å². The van der Waals surface area contributed by atoms with Crippen LogP contribution in [0.3, 0.4) is 0 Å². The second-order valence-electron chi connectivity index (χ2n) is 4.56. The molecular formula is C13H21N3O3. The molecule has 1 aromatic heterocycles. The zero-order valence-corrected chi connectivity index (χ0v) is 11.4. The van der Waals surface area contributed by atoms with E-state index in [0.29, 0.717) is 26.4 Å². The number of rotatable bonds is 7. The zero-order valence-electron chi connectivity index (χ0n) is 11.4. The van der Waals surface area contributed by atoms with Gasteiger partial charge >= 0.3 is 0 Å². The van der Waals surface area contributed by atoms with Crippen LogP contribution in [0.15, 0.2) is 10.9 Å². The van der Waals surface area contributed by atoms with Crippen LogP contribution in [0.2, 0.25) is 0 Å². The summed E-state index contributed by atoms with van der Waals surface area (Å²) in [4.78, 5) is 11.8. The first-order chi connectivity index (χ1) is 9.31. The number of nitrogens with zero attached hydrogens (tertiary/aromatic N) is 2. The lowest BCUT2D eigenvalue weighted by Crippen LogP contribution is -2.28. The fourth-order valence-corrected chi connectivity index (χ4v) is 2.07. The SMILES string of the molecule is COCCCOCCn1nc2c(cc1=O)NCCC2. The van der Waals surface area contributed by atoms with Gasteiger partial charge in [0.2, 0.25) is 0 Å². The first kappa shape index (κ1) is 14.0. The van der Waals surface area contributed by atoms with E-state index in [0.717, 1.165) is 37.2 Å². The highest BCUT2D eigenvalue weighted by Gasteiger charge is 2.12. The molecule has 0 amide bonds. The number of aryl methyl sites for hydroxylation is 1. The Bertz CT molecular complexity index is 459. The van der Waals surface area contributed by atoms with Gasteiger partial charge in [-0.1, -0.05) is 0 Å². The molecule has 6 nitrogen and oxygen atoms in total. The molecule has 2 rings (SSSR count). The predicted octanol–water partition coefficient (Wildman–Crippen LogP) is 0.655. The van der Waals surface area contributed by atoms with E-state index >= 15 is 0 Å². The van der Waals surface area contributed by atoms with Crippen molar-refractivity contribution in [3.8, 4) is 0 Å².